The Kier molecular flexibility index (Phi) is 9.24. The smallest absolute Gasteiger partial charge is 0.215 e. The van der Waals surface area contributed by atoms with Gasteiger partial charge in [-0.2, -0.15) is 5.10 Å². The maximum absolute atomic E-state index is 6.01. The molecule has 2 rings (SSSR count). The number of pyridine rings is 1. The molecule has 0 aliphatic carbocycles. The third-order valence-electron chi connectivity index (χ3n) is 4.35. The lowest BCUT2D eigenvalue weighted by Gasteiger charge is -2.24. The minimum atomic E-state index is 0.559. The van der Waals surface area contributed by atoms with Gasteiger partial charge in [-0.15, -0.1) is 0 Å². The second kappa shape index (κ2) is 11.9. The molecule has 0 saturated carbocycles. The number of hydrogen-bond acceptors (Lipinski definition) is 7. The summed E-state index contributed by atoms with van der Waals surface area (Å²) in [7, 11) is 1.90. The first-order valence-electron chi connectivity index (χ1n) is 10.3. The van der Waals surface area contributed by atoms with Gasteiger partial charge >= 0.3 is 0 Å². The fraction of sp³-hybridized carbons (Fsp3) is 0.455. The first-order chi connectivity index (χ1) is 14.1. The number of nitrogens with two attached hydrogens (primary N) is 1. The summed E-state index contributed by atoms with van der Waals surface area (Å²) >= 11 is 0. The van der Waals surface area contributed by atoms with Crippen molar-refractivity contribution in [3.63, 3.8) is 0 Å². The van der Waals surface area contributed by atoms with Crippen molar-refractivity contribution in [2.75, 3.05) is 49.3 Å². The number of benzene rings is 1. The van der Waals surface area contributed by atoms with Crippen LogP contribution in [-0.4, -0.2) is 44.5 Å². The van der Waals surface area contributed by atoms with Crippen LogP contribution in [-0.2, 0) is 0 Å². The minimum Gasteiger partial charge on any atom is -0.476 e. The number of hydrogen-bond donors (Lipinski definition) is 3. The van der Waals surface area contributed by atoms with Crippen molar-refractivity contribution < 1.29 is 4.74 Å². The Morgan fingerprint density at radius 2 is 1.93 bits per heavy atom. The fourth-order valence-electron chi connectivity index (χ4n) is 2.94. The molecule has 0 spiro atoms. The van der Waals surface area contributed by atoms with E-state index < -0.39 is 0 Å². The van der Waals surface area contributed by atoms with Gasteiger partial charge in [-0.1, -0.05) is 19.9 Å². The molecule has 1 heterocycles. The van der Waals surface area contributed by atoms with E-state index in [1.807, 2.05) is 44.3 Å². The predicted molar refractivity (Wildman–Crippen MR) is 123 cm³/mol. The zero-order valence-corrected chi connectivity index (χ0v) is 18.0. The van der Waals surface area contributed by atoms with E-state index in [-0.39, 0.29) is 0 Å². The highest BCUT2D eigenvalue weighted by atomic mass is 16.5. The molecule has 0 atom stereocenters. The van der Waals surface area contributed by atoms with Gasteiger partial charge in [0.2, 0.25) is 5.88 Å². The SMILES string of the molecule is CCCN(CCC)c1cc(/C=N/Nc2cc(C)ccc2N)nc(OCCNC)c1. The summed E-state index contributed by atoms with van der Waals surface area (Å²) < 4.78 is 5.83. The van der Waals surface area contributed by atoms with Gasteiger partial charge in [-0.3, -0.25) is 5.43 Å². The summed E-state index contributed by atoms with van der Waals surface area (Å²) in [4.78, 5) is 6.94. The summed E-state index contributed by atoms with van der Waals surface area (Å²) in [6.07, 6.45) is 3.86. The first-order valence-corrected chi connectivity index (χ1v) is 10.3. The van der Waals surface area contributed by atoms with Gasteiger partial charge in [-0.05, 0) is 50.6 Å². The van der Waals surface area contributed by atoms with E-state index in [4.69, 9.17) is 10.5 Å². The summed E-state index contributed by atoms with van der Waals surface area (Å²) in [6.45, 7) is 9.69. The minimum absolute atomic E-state index is 0.559. The molecule has 1 aromatic carbocycles. The lowest BCUT2D eigenvalue weighted by atomic mass is 10.2. The number of nitrogen functional groups attached to an aromatic ring is 1. The van der Waals surface area contributed by atoms with Crippen molar-refractivity contribution in [3.05, 3.63) is 41.6 Å². The van der Waals surface area contributed by atoms with E-state index in [0.717, 1.165) is 55.1 Å². The Bertz CT molecular complexity index is 787. The van der Waals surface area contributed by atoms with E-state index in [1.54, 1.807) is 6.21 Å². The number of anilines is 3. The van der Waals surface area contributed by atoms with E-state index >= 15 is 0 Å². The van der Waals surface area contributed by atoms with Crippen LogP contribution in [0.15, 0.2) is 35.4 Å². The highest BCUT2D eigenvalue weighted by Gasteiger charge is 2.09. The number of ether oxygens (including phenoxy) is 1. The maximum Gasteiger partial charge on any atom is 0.215 e. The molecule has 0 saturated heterocycles. The third kappa shape index (κ3) is 7.27. The molecule has 0 bridgehead atoms. The molecule has 0 radical (unpaired) electrons. The Labute approximate surface area is 174 Å². The average Bonchev–Trinajstić information content (AvgIpc) is 2.70. The Balaban J connectivity index is 2.24. The summed E-state index contributed by atoms with van der Waals surface area (Å²) in [5.74, 6) is 0.603. The molecule has 29 heavy (non-hydrogen) atoms. The molecule has 1 aromatic heterocycles. The van der Waals surface area contributed by atoms with Crippen LogP contribution in [0.2, 0.25) is 0 Å². The molecule has 7 nitrogen and oxygen atoms in total. The molecule has 0 aliphatic rings. The van der Waals surface area contributed by atoms with Crippen LogP contribution >= 0.6 is 0 Å². The number of aromatic nitrogens is 1. The van der Waals surface area contributed by atoms with Crippen molar-refractivity contribution in [1.29, 1.82) is 0 Å². The fourth-order valence-corrected chi connectivity index (χ4v) is 2.94. The molecule has 2 aromatic rings. The second-order valence-corrected chi connectivity index (χ2v) is 6.99. The van der Waals surface area contributed by atoms with E-state index in [0.29, 0.717) is 18.2 Å². The van der Waals surface area contributed by atoms with Crippen molar-refractivity contribution >= 4 is 23.3 Å². The highest BCUT2D eigenvalue weighted by molar-refractivity contribution is 5.80. The van der Waals surface area contributed by atoms with Gasteiger partial charge in [0.15, 0.2) is 0 Å². The van der Waals surface area contributed by atoms with Crippen LogP contribution in [0.5, 0.6) is 5.88 Å². The Hall–Kier alpha value is -2.80. The zero-order chi connectivity index (χ0) is 21.1. The molecule has 0 unspecified atom stereocenters. The Morgan fingerprint density at radius 3 is 2.62 bits per heavy atom. The maximum atomic E-state index is 6.01. The van der Waals surface area contributed by atoms with Gasteiger partial charge < -0.3 is 20.7 Å². The van der Waals surface area contributed by atoms with Crippen LogP contribution in [0.3, 0.4) is 0 Å². The van der Waals surface area contributed by atoms with Gasteiger partial charge in [0, 0.05) is 31.4 Å². The molecule has 158 valence electrons. The van der Waals surface area contributed by atoms with Crippen LogP contribution in [0.1, 0.15) is 37.9 Å². The highest BCUT2D eigenvalue weighted by Crippen LogP contribution is 2.22. The van der Waals surface area contributed by atoms with Crippen LogP contribution in [0.25, 0.3) is 0 Å². The van der Waals surface area contributed by atoms with Gasteiger partial charge in [0.1, 0.15) is 6.61 Å². The van der Waals surface area contributed by atoms with Gasteiger partial charge in [0.25, 0.3) is 0 Å². The molecule has 0 fully saturated rings. The number of aryl methyl sites for hydroxylation is 1. The summed E-state index contributed by atoms with van der Waals surface area (Å²) in [5, 5.41) is 7.42. The number of rotatable bonds is 12. The zero-order valence-electron chi connectivity index (χ0n) is 18.0. The van der Waals surface area contributed by atoms with Crippen molar-refractivity contribution in [1.82, 2.24) is 10.3 Å². The number of hydrazone groups is 1. The standard InChI is InChI=1S/C22H34N6O/c1-5-10-28(11-6-2)19-14-18(26-22(15-19)29-12-9-24-4)16-25-27-21-13-17(3)7-8-20(21)23/h7-8,13-16,24,27H,5-6,9-12,23H2,1-4H3/b25-16+. The monoisotopic (exact) mass is 398 g/mol. The van der Waals surface area contributed by atoms with E-state index in [2.05, 4.69) is 39.6 Å². The largest absolute Gasteiger partial charge is 0.476 e. The lowest BCUT2D eigenvalue weighted by Crippen LogP contribution is -2.25. The van der Waals surface area contributed by atoms with Crippen molar-refractivity contribution in [2.45, 2.75) is 33.6 Å². The molecule has 7 heteroatoms. The number of nitrogens with zero attached hydrogens (tertiary/aromatic N) is 3. The third-order valence-corrected chi connectivity index (χ3v) is 4.35. The van der Waals surface area contributed by atoms with Crippen molar-refractivity contribution in [3.8, 4) is 5.88 Å². The first kappa shape index (κ1) is 22.5. The number of nitrogens with one attached hydrogen (secondary N) is 2. The topological polar surface area (TPSA) is 87.8 Å². The summed E-state index contributed by atoms with van der Waals surface area (Å²) in [6, 6.07) is 9.85. The van der Waals surface area contributed by atoms with Crippen LogP contribution < -0.4 is 26.1 Å². The van der Waals surface area contributed by atoms with E-state index in [9.17, 15) is 0 Å². The number of likely N-dealkylation sites (N-methyl/N-ethyl adjacent to an activating group) is 1. The van der Waals surface area contributed by atoms with Crippen LogP contribution in [0.4, 0.5) is 17.1 Å². The molecule has 0 amide bonds. The predicted octanol–water partition coefficient (Wildman–Crippen LogP) is 3.64. The lowest BCUT2D eigenvalue weighted by molar-refractivity contribution is 0.306. The quantitative estimate of drug-likeness (QED) is 0.219. The van der Waals surface area contributed by atoms with Crippen LogP contribution in [0, 0.1) is 6.92 Å². The Morgan fingerprint density at radius 1 is 1.17 bits per heavy atom. The van der Waals surface area contributed by atoms with Gasteiger partial charge in [0.05, 0.1) is 23.3 Å². The molecule has 0 aliphatic heterocycles. The average molecular weight is 399 g/mol. The molecular weight excluding hydrogens is 364 g/mol. The molecule has 4 N–H and O–H groups in total. The van der Waals surface area contributed by atoms with Crippen molar-refractivity contribution in [2.24, 2.45) is 5.10 Å². The second-order valence-electron chi connectivity index (χ2n) is 6.99. The van der Waals surface area contributed by atoms with Gasteiger partial charge in [-0.25, -0.2) is 4.98 Å². The van der Waals surface area contributed by atoms with E-state index in [1.165, 1.54) is 0 Å². The normalized spacial score (nSPS) is 11.0. The molecular formula is C22H34N6O. The summed E-state index contributed by atoms with van der Waals surface area (Å²) in [5.41, 5.74) is 13.4.